The third kappa shape index (κ3) is 8.22. The van der Waals surface area contributed by atoms with Crippen LogP contribution in [0.5, 0.6) is 0 Å². The summed E-state index contributed by atoms with van der Waals surface area (Å²) in [5, 5.41) is 18.7. The summed E-state index contributed by atoms with van der Waals surface area (Å²) in [6, 6.07) is 15.3. The molecule has 0 saturated carbocycles. The Hall–Kier alpha value is -2.20. The van der Waals surface area contributed by atoms with Crippen molar-refractivity contribution in [2.24, 2.45) is 4.99 Å². The number of rotatable bonds is 8. The molecule has 1 heterocycles. The molecule has 2 aromatic rings. The van der Waals surface area contributed by atoms with Crippen LogP contribution < -0.4 is 16.0 Å². The van der Waals surface area contributed by atoms with E-state index in [0.29, 0.717) is 31.3 Å². The van der Waals surface area contributed by atoms with Crippen molar-refractivity contribution in [3.05, 3.63) is 59.8 Å². The minimum Gasteiger partial charge on any atom is -0.396 e. The number of nitrogens with one attached hydrogen (secondary N) is 3. The predicted octanol–water partition coefficient (Wildman–Crippen LogP) is 2.28. The normalized spacial score (nSPS) is 11.9. The number of aliphatic imine (C=N–C) groups is 1. The van der Waals surface area contributed by atoms with E-state index in [-0.39, 0.29) is 42.4 Å². The molecule has 1 aromatic heterocycles. The molecule has 0 bridgehead atoms. The lowest BCUT2D eigenvalue weighted by atomic mass is 10.0. The van der Waals surface area contributed by atoms with Crippen LogP contribution in [0.15, 0.2) is 53.5 Å². The summed E-state index contributed by atoms with van der Waals surface area (Å²) in [6.07, 6.45) is 0.290. The zero-order valence-electron chi connectivity index (χ0n) is 16.2. The molecular weight excluding hydrogens is 469 g/mol. The Morgan fingerprint density at radius 3 is 2.54 bits per heavy atom. The van der Waals surface area contributed by atoms with Crippen molar-refractivity contribution in [1.29, 1.82) is 0 Å². The van der Waals surface area contributed by atoms with Crippen molar-refractivity contribution in [2.75, 3.05) is 32.1 Å². The average Bonchev–Trinajstić information content (AvgIpc) is 2.68. The van der Waals surface area contributed by atoms with Gasteiger partial charge in [-0.15, -0.1) is 24.0 Å². The van der Waals surface area contributed by atoms with Crippen LogP contribution in [-0.2, 0) is 4.79 Å². The van der Waals surface area contributed by atoms with E-state index in [1.165, 1.54) is 0 Å². The number of carbonyl (C=O) groups excluding carboxylic acids is 1. The Labute approximate surface area is 183 Å². The number of hydrogen-bond acceptors (Lipinski definition) is 4. The molecule has 0 aliphatic heterocycles. The Kier molecular flexibility index (Phi) is 11.1. The molecule has 8 heteroatoms. The topological polar surface area (TPSA) is 98.6 Å². The molecule has 1 aromatic carbocycles. The maximum absolute atomic E-state index is 12.0. The Morgan fingerprint density at radius 2 is 1.89 bits per heavy atom. The van der Waals surface area contributed by atoms with E-state index >= 15 is 0 Å². The summed E-state index contributed by atoms with van der Waals surface area (Å²) in [4.78, 5) is 20.4. The number of aryl methyl sites for hydroxylation is 1. The second-order valence-corrected chi connectivity index (χ2v) is 6.13. The predicted molar refractivity (Wildman–Crippen MR) is 123 cm³/mol. The molecule has 152 valence electrons. The van der Waals surface area contributed by atoms with E-state index in [9.17, 15) is 9.90 Å². The van der Waals surface area contributed by atoms with Crippen LogP contribution in [0.25, 0.3) is 0 Å². The highest BCUT2D eigenvalue weighted by atomic mass is 127. The molecule has 0 spiro atoms. The highest BCUT2D eigenvalue weighted by Crippen LogP contribution is 2.13. The van der Waals surface area contributed by atoms with Crippen molar-refractivity contribution < 1.29 is 9.90 Å². The number of guanidine groups is 1. The van der Waals surface area contributed by atoms with Gasteiger partial charge < -0.3 is 21.1 Å². The second kappa shape index (κ2) is 13.1. The van der Waals surface area contributed by atoms with Crippen LogP contribution >= 0.6 is 24.0 Å². The maximum Gasteiger partial charge on any atom is 0.227 e. The van der Waals surface area contributed by atoms with Crippen molar-refractivity contribution in [1.82, 2.24) is 15.6 Å². The highest BCUT2D eigenvalue weighted by Gasteiger charge is 2.11. The zero-order chi connectivity index (χ0) is 19.5. The SMILES string of the molecule is CN=C(NCCC(=O)Nc1cccc(C)n1)NCC(CO)c1ccccc1.I. The van der Waals surface area contributed by atoms with Crippen LogP contribution in [-0.4, -0.2) is 48.7 Å². The number of nitrogens with zero attached hydrogens (tertiary/aromatic N) is 2. The van der Waals surface area contributed by atoms with Crippen LogP contribution in [0.1, 0.15) is 23.6 Å². The van der Waals surface area contributed by atoms with Gasteiger partial charge in [0.25, 0.3) is 0 Å². The number of halogens is 1. The molecule has 2 rings (SSSR count). The number of benzene rings is 1. The smallest absolute Gasteiger partial charge is 0.227 e. The molecule has 0 radical (unpaired) electrons. The molecule has 1 amide bonds. The van der Waals surface area contributed by atoms with Gasteiger partial charge in [-0.05, 0) is 24.6 Å². The van der Waals surface area contributed by atoms with E-state index in [0.717, 1.165) is 11.3 Å². The van der Waals surface area contributed by atoms with Gasteiger partial charge in [-0.2, -0.15) is 0 Å². The van der Waals surface area contributed by atoms with Gasteiger partial charge in [-0.3, -0.25) is 9.79 Å². The monoisotopic (exact) mass is 497 g/mol. The van der Waals surface area contributed by atoms with Gasteiger partial charge in [-0.25, -0.2) is 4.98 Å². The van der Waals surface area contributed by atoms with Crippen molar-refractivity contribution >= 4 is 41.7 Å². The summed E-state index contributed by atoms with van der Waals surface area (Å²) < 4.78 is 0. The summed E-state index contributed by atoms with van der Waals surface area (Å²) >= 11 is 0. The largest absolute Gasteiger partial charge is 0.396 e. The molecule has 0 fully saturated rings. The minimum atomic E-state index is -0.117. The number of aliphatic hydroxyl groups excluding tert-OH is 1. The van der Waals surface area contributed by atoms with E-state index in [1.807, 2.05) is 49.4 Å². The van der Waals surface area contributed by atoms with E-state index in [4.69, 9.17) is 0 Å². The Bertz CT molecular complexity index is 755. The number of anilines is 1. The lowest BCUT2D eigenvalue weighted by Gasteiger charge is -2.18. The lowest BCUT2D eigenvalue weighted by molar-refractivity contribution is -0.116. The van der Waals surface area contributed by atoms with E-state index in [1.54, 1.807) is 13.1 Å². The molecule has 1 atom stereocenters. The molecule has 4 N–H and O–H groups in total. The van der Waals surface area contributed by atoms with Gasteiger partial charge in [0.2, 0.25) is 5.91 Å². The number of amides is 1. The maximum atomic E-state index is 12.0. The zero-order valence-corrected chi connectivity index (χ0v) is 18.5. The molecule has 7 nitrogen and oxygen atoms in total. The first kappa shape index (κ1) is 23.8. The van der Waals surface area contributed by atoms with Crippen molar-refractivity contribution in [2.45, 2.75) is 19.3 Å². The van der Waals surface area contributed by atoms with Gasteiger partial charge in [0.15, 0.2) is 5.96 Å². The standard InChI is InChI=1S/C20H27N5O2.HI/c1-15-7-6-10-18(24-15)25-19(27)11-12-22-20(21-2)23-13-17(14-26)16-8-4-3-5-9-16;/h3-10,17,26H,11-14H2,1-2H3,(H2,21,22,23)(H,24,25,27);1H. The fraction of sp³-hybridized carbons (Fsp3) is 0.350. The molecule has 0 saturated heterocycles. The first-order valence-electron chi connectivity index (χ1n) is 8.96. The first-order valence-corrected chi connectivity index (χ1v) is 8.96. The van der Waals surface area contributed by atoms with Gasteiger partial charge in [-0.1, -0.05) is 36.4 Å². The number of aliphatic hydroxyl groups is 1. The minimum absolute atomic E-state index is 0. The number of aromatic nitrogens is 1. The molecule has 1 unspecified atom stereocenters. The van der Waals surface area contributed by atoms with Gasteiger partial charge in [0.1, 0.15) is 5.82 Å². The summed E-state index contributed by atoms with van der Waals surface area (Å²) in [7, 11) is 1.67. The fourth-order valence-corrected chi connectivity index (χ4v) is 2.57. The van der Waals surface area contributed by atoms with Crippen molar-refractivity contribution in [3.63, 3.8) is 0 Å². The molecule has 0 aliphatic carbocycles. The van der Waals surface area contributed by atoms with Gasteiger partial charge in [0.05, 0.1) is 6.61 Å². The molecule has 28 heavy (non-hydrogen) atoms. The van der Waals surface area contributed by atoms with E-state index in [2.05, 4.69) is 25.9 Å². The Balaban J connectivity index is 0.00000392. The van der Waals surface area contributed by atoms with E-state index < -0.39 is 0 Å². The summed E-state index contributed by atoms with van der Waals surface area (Å²) in [5.74, 6) is 0.996. The quantitative estimate of drug-likeness (QED) is 0.255. The summed E-state index contributed by atoms with van der Waals surface area (Å²) in [5.41, 5.74) is 1.92. The fourth-order valence-electron chi connectivity index (χ4n) is 2.57. The van der Waals surface area contributed by atoms with Crippen LogP contribution in [0.4, 0.5) is 5.82 Å². The average molecular weight is 497 g/mol. The lowest BCUT2D eigenvalue weighted by Crippen LogP contribution is -2.41. The number of carbonyl (C=O) groups is 1. The molecular formula is C20H28IN5O2. The molecule has 0 aliphatic rings. The van der Waals surface area contributed by atoms with Gasteiger partial charge in [0, 0.05) is 38.2 Å². The highest BCUT2D eigenvalue weighted by molar-refractivity contribution is 14.0. The third-order valence-corrected chi connectivity index (χ3v) is 4.03. The summed E-state index contributed by atoms with van der Waals surface area (Å²) in [6.45, 7) is 2.90. The van der Waals surface area contributed by atoms with Crippen LogP contribution in [0.3, 0.4) is 0 Å². The van der Waals surface area contributed by atoms with Crippen molar-refractivity contribution in [3.8, 4) is 0 Å². The van der Waals surface area contributed by atoms with Gasteiger partial charge >= 0.3 is 0 Å². The first-order chi connectivity index (χ1) is 13.1. The van der Waals surface area contributed by atoms with Crippen LogP contribution in [0, 0.1) is 6.92 Å². The number of hydrogen-bond donors (Lipinski definition) is 4. The second-order valence-electron chi connectivity index (χ2n) is 6.13. The number of pyridine rings is 1. The van der Waals surface area contributed by atoms with Crippen LogP contribution in [0.2, 0.25) is 0 Å². The third-order valence-electron chi connectivity index (χ3n) is 4.03. The Morgan fingerprint density at radius 1 is 1.14 bits per heavy atom.